The van der Waals surface area contributed by atoms with Crippen molar-refractivity contribution in [3.05, 3.63) is 12.2 Å². The van der Waals surface area contributed by atoms with Crippen LogP contribution >= 0.6 is 0 Å². The summed E-state index contributed by atoms with van der Waals surface area (Å²) in [5.74, 6) is 0. The number of rotatable bonds is 17. The van der Waals surface area contributed by atoms with E-state index in [2.05, 4.69) is 37.3 Å². The average Bonchev–Trinajstić information content (AvgIpc) is 3.07. The molecular formula is C23H45N2+. The minimum Gasteiger partial charge on any atom is -0.277 e. The molecule has 0 spiro atoms. The van der Waals surface area contributed by atoms with E-state index < -0.39 is 0 Å². The Kier molecular flexibility index (Phi) is 14.0. The monoisotopic (exact) mass is 349 g/mol. The Labute approximate surface area is 158 Å². The van der Waals surface area contributed by atoms with Crippen molar-refractivity contribution in [2.24, 2.45) is 4.99 Å². The number of unbranched alkanes of at least 4 members (excludes halogenated alkanes) is 12. The predicted molar refractivity (Wildman–Crippen MR) is 113 cm³/mol. The maximum absolute atomic E-state index is 4.46. The fourth-order valence-electron chi connectivity index (χ4n) is 3.90. The molecule has 1 atom stereocenters. The van der Waals surface area contributed by atoms with Crippen LogP contribution in [0.3, 0.4) is 0 Å². The van der Waals surface area contributed by atoms with Crippen LogP contribution in [0.5, 0.6) is 0 Å². The Morgan fingerprint density at radius 3 is 1.88 bits per heavy atom. The van der Waals surface area contributed by atoms with Crippen LogP contribution in [0.25, 0.3) is 0 Å². The molecule has 1 heterocycles. The van der Waals surface area contributed by atoms with Crippen molar-refractivity contribution in [3.63, 3.8) is 0 Å². The molecule has 0 fully saturated rings. The Morgan fingerprint density at radius 1 is 0.760 bits per heavy atom. The molecule has 1 aliphatic heterocycles. The molecule has 0 aliphatic carbocycles. The summed E-state index contributed by atoms with van der Waals surface area (Å²) in [4.78, 5) is 4.46. The SMILES string of the molecule is CCCCCCCCCCCCCCC=CC[N+]1(CCC)C=NCC1. The zero-order valence-electron chi connectivity index (χ0n) is 17.4. The van der Waals surface area contributed by atoms with Gasteiger partial charge in [0.2, 0.25) is 0 Å². The van der Waals surface area contributed by atoms with Crippen molar-refractivity contribution in [2.45, 2.75) is 104 Å². The van der Waals surface area contributed by atoms with Gasteiger partial charge in [-0.3, -0.25) is 4.48 Å². The van der Waals surface area contributed by atoms with Gasteiger partial charge in [-0.15, -0.1) is 0 Å². The molecule has 0 saturated carbocycles. The van der Waals surface area contributed by atoms with E-state index in [9.17, 15) is 0 Å². The van der Waals surface area contributed by atoms with Crippen molar-refractivity contribution in [1.29, 1.82) is 0 Å². The quantitative estimate of drug-likeness (QED) is 0.154. The van der Waals surface area contributed by atoms with E-state index in [0.29, 0.717) is 0 Å². The van der Waals surface area contributed by atoms with Crippen molar-refractivity contribution in [3.8, 4) is 0 Å². The summed E-state index contributed by atoms with van der Waals surface area (Å²) >= 11 is 0. The third kappa shape index (κ3) is 11.6. The Hall–Kier alpha value is -0.630. The minimum atomic E-state index is 1.02. The van der Waals surface area contributed by atoms with Crippen LogP contribution in [0.15, 0.2) is 17.1 Å². The Bertz CT molecular complexity index is 348. The molecule has 1 aliphatic rings. The number of nitrogens with zero attached hydrogens (tertiary/aromatic N) is 2. The van der Waals surface area contributed by atoms with E-state index in [1.54, 1.807) is 0 Å². The molecule has 0 aromatic carbocycles. The summed E-state index contributed by atoms with van der Waals surface area (Å²) in [6, 6.07) is 0. The van der Waals surface area contributed by atoms with Gasteiger partial charge in [-0.05, 0) is 25.3 Å². The van der Waals surface area contributed by atoms with Crippen LogP contribution in [0, 0.1) is 0 Å². The van der Waals surface area contributed by atoms with Gasteiger partial charge in [-0.1, -0.05) is 90.6 Å². The van der Waals surface area contributed by atoms with Gasteiger partial charge in [0.15, 0.2) is 6.34 Å². The van der Waals surface area contributed by atoms with Gasteiger partial charge in [0.25, 0.3) is 0 Å². The first-order valence-electron chi connectivity index (χ1n) is 11.3. The lowest BCUT2D eigenvalue weighted by molar-refractivity contribution is -0.822. The molecule has 0 aromatic heterocycles. The van der Waals surface area contributed by atoms with E-state index in [0.717, 1.165) is 17.6 Å². The third-order valence-corrected chi connectivity index (χ3v) is 5.53. The second kappa shape index (κ2) is 15.6. The number of hydrogen-bond acceptors (Lipinski definition) is 1. The Balaban J connectivity index is 1.86. The lowest BCUT2D eigenvalue weighted by Crippen LogP contribution is -2.45. The highest BCUT2D eigenvalue weighted by Crippen LogP contribution is 2.13. The van der Waals surface area contributed by atoms with Crippen LogP contribution in [0.2, 0.25) is 0 Å². The maximum Gasteiger partial charge on any atom is 0.185 e. The van der Waals surface area contributed by atoms with Gasteiger partial charge in [0.05, 0.1) is 13.1 Å². The minimum absolute atomic E-state index is 1.02. The molecule has 0 aromatic rings. The van der Waals surface area contributed by atoms with Crippen molar-refractivity contribution in [1.82, 2.24) is 0 Å². The smallest absolute Gasteiger partial charge is 0.185 e. The molecular weight excluding hydrogens is 304 g/mol. The molecule has 25 heavy (non-hydrogen) atoms. The highest BCUT2D eigenvalue weighted by Gasteiger charge is 2.26. The zero-order valence-corrected chi connectivity index (χ0v) is 17.4. The number of allylic oxidation sites excluding steroid dienone is 1. The van der Waals surface area contributed by atoms with Gasteiger partial charge >= 0.3 is 0 Å². The van der Waals surface area contributed by atoms with Gasteiger partial charge in [-0.25, -0.2) is 4.99 Å². The lowest BCUT2D eigenvalue weighted by Gasteiger charge is -2.28. The van der Waals surface area contributed by atoms with Gasteiger partial charge in [0, 0.05) is 0 Å². The van der Waals surface area contributed by atoms with E-state index in [-0.39, 0.29) is 0 Å². The molecule has 0 amide bonds. The summed E-state index contributed by atoms with van der Waals surface area (Å²) in [6.07, 6.45) is 26.8. The maximum atomic E-state index is 4.46. The van der Waals surface area contributed by atoms with Crippen LogP contribution in [0.4, 0.5) is 0 Å². The molecule has 1 unspecified atom stereocenters. The van der Waals surface area contributed by atoms with Crippen LogP contribution < -0.4 is 0 Å². The van der Waals surface area contributed by atoms with Crippen molar-refractivity contribution >= 4 is 6.34 Å². The lowest BCUT2D eigenvalue weighted by atomic mass is 10.0. The highest BCUT2D eigenvalue weighted by atomic mass is 15.4. The molecule has 0 saturated heterocycles. The highest BCUT2D eigenvalue weighted by molar-refractivity contribution is 5.48. The van der Waals surface area contributed by atoms with E-state index >= 15 is 0 Å². The van der Waals surface area contributed by atoms with Gasteiger partial charge < -0.3 is 0 Å². The third-order valence-electron chi connectivity index (χ3n) is 5.53. The fraction of sp³-hybridized carbons (Fsp3) is 0.870. The number of aliphatic imine (C=N–C) groups is 1. The van der Waals surface area contributed by atoms with Gasteiger partial charge in [-0.2, -0.15) is 0 Å². The first-order valence-corrected chi connectivity index (χ1v) is 11.3. The van der Waals surface area contributed by atoms with Crippen molar-refractivity contribution in [2.75, 3.05) is 26.2 Å². The summed E-state index contributed by atoms with van der Waals surface area (Å²) in [7, 11) is 0. The molecule has 1 rings (SSSR count). The molecule has 0 bridgehead atoms. The van der Waals surface area contributed by atoms with Crippen LogP contribution in [-0.4, -0.2) is 37.0 Å². The Morgan fingerprint density at radius 2 is 1.36 bits per heavy atom. The van der Waals surface area contributed by atoms with Crippen LogP contribution in [-0.2, 0) is 0 Å². The summed E-state index contributed by atoms with van der Waals surface area (Å²) in [5, 5.41) is 0. The fourth-order valence-corrected chi connectivity index (χ4v) is 3.90. The second-order valence-electron chi connectivity index (χ2n) is 8.02. The average molecular weight is 350 g/mol. The normalized spacial score (nSPS) is 20.1. The zero-order chi connectivity index (χ0) is 18.1. The molecule has 2 nitrogen and oxygen atoms in total. The predicted octanol–water partition coefficient (Wildman–Crippen LogP) is 6.90. The molecule has 146 valence electrons. The molecule has 0 N–H and O–H groups in total. The van der Waals surface area contributed by atoms with Gasteiger partial charge in [0.1, 0.15) is 13.1 Å². The number of quaternary nitrogens is 1. The second-order valence-corrected chi connectivity index (χ2v) is 8.02. The van der Waals surface area contributed by atoms with E-state index in [1.807, 2.05) is 0 Å². The molecule has 0 radical (unpaired) electrons. The summed E-state index contributed by atoms with van der Waals surface area (Å²) in [6.45, 7) is 9.19. The number of hydrogen-bond donors (Lipinski definition) is 0. The standard InChI is InChI=1S/C23H45N2/c1-3-5-6-7-8-9-10-11-12-13-14-15-16-17-18-21-25(20-4-2)22-19-24-23-25/h17-18,23H,3-16,19-22H2,1-2H3/q+1. The first kappa shape index (κ1) is 22.4. The van der Waals surface area contributed by atoms with E-state index in [1.165, 1.54) is 103 Å². The van der Waals surface area contributed by atoms with Crippen molar-refractivity contribution < 1.29 is 4.48 Å². The van der Waals surface area contributed by atoms with Crippen LogP contribution in [0.1, 0.15) is 104 Å². The largest absolute Gasteiger partial charge is 0.277 e. The summed E-state index contributed by atoms with van der Waals surface area (Å²) < 4.78 is 1.09. The van der Waals surface area contributed by atoms with E-state index in [4.69, 9.17) is 0 Å². The topological polar surface area (TPSA) is 12.4 Å². The summed E-state index contributed by atoms with van der Waals surface area (Å²) in [5.41, 5.74) is 0. The first-order chi connectivity index (χ1) is 12.3. The molecule has 2 heteroatoms.